The van der Waals surface area contributed by atoms with Crippen LogP contribution in [-0.2, 0) is 13.2 Å². The largest absolute Gasteiger partial charge is 0.496 e. The molecule has 0 amide bonds. The maximum Gasteiger partial charge on any atom is 0.225 e. The molecule has 0 N–H and O–H groups in total. The van der Waals surface area contributed by atoms with Crippen molar-refractivity contribution in [1.82, 2.24) is 4.98 Å². The summed E-state index contributed by atoms with van der Waals surface area (Å²) in [6.07, 6.45) is 5.62. The molecule has 0 bridgehead atoms. The molecule has 4 heteroatoms. The fraction of sp³-hybridized carbons (Fsp3) is 0.107. The zero-order valence-electron chi connectivity index (χ0n) is 17.8. The van der Waals surface area contributed by atoms with Crippen LogP contribution < -0.4 is 14.2 Å². The van der Waals surface area contributed by atoms with E-state index >= 15 is 0 Å². The third kappa shape index (κ3) is 5.08. The zero-order valence-corrected chi connectivity index (χ0v) is 17.8. The highest BCUT2D eigenvalue weighted by Gasteiger charge is 2.16. The number of aromatic nitrogens is 1. The van der Waals surface area contributed by atoms with Crippen LogP contribution in [0.5, 0.6) is 17.5 Å². The lowest BCUT2D eigenvalue weighted by atomic mass is 10.0. The summed E-state index contributed by atoms with van der Waals surface area (Å²) in [5, 5.41) is 0. The van der Waals surface area contributed by atoms with Crippen molar-refractivity contribution in [2.45, 2.75) is 13.2 Å². The molecule has 1 aromatic heterocycles. The van der Waals surface area contributed by atoms with Gasteiger partial charge in [-0.3, -0.25) is 0 Å². The Hall–Kier alpha value is -4.23. The van der Waals surface area contributed by atoms with Crippen molar-refractivity contribution in [3.63, 3.8) is 0 Å². The lowest BCUT2D eigenvalue weighted by Crippen LogP contribution is -2.03. The zero-order chi connectivity index (χ0) is 22.2. The van der Waals surface area contributed by atoms with Crippen LogP contribution in [-0.4, -0.2) is 12.1 Å². The molecule has 3 aromatic carbocycles. The molecule has 0 aliphatic carbocycles. The number of terminal acetylenes is 1. The number of nitrogens with zero attached hydrogens (tertiary/aromatic N) is 1. The maximum atomic E-state index is 6.15. The molecule has 0 saturated carbocycles. The van der Waals surface area contributed by atoms with Gasteiger partial charge in [0.05, 0.1) is 7.11 Å². The number of pyridine rings is 1. The number of methoxy groups -OCH3 is 1. The smallest absolute Gasteiger partial charge is 0.225 e. The van der Waals surface area contributed by atoms with Gasteiger partial charge in [-0.05, 0) is 35.4 Å². The minimum atomic E-state index is 0.375. The van der Waals surface area contributed by atoms with Crippen molar-refractivity contribution >= 4 is 0 Å². The summed E-state index contributed by atoms with van der Waals surface area (Å²) in [5.74, 6) is 4.29. The summed E-state index contributed by atoms with van der Waals surface area (Å²) in [5.41, 5.74) is 4.45. The lowest BCUT2D eigenvalue weighted by molar-refractivity contribution is 0.268. The molecule has 0 radical (unpaired) electrons. The molecule has 158 valence electrons. The fourth-order valence-electron chi connectivity index (χ4n) is 3.28. The Bertz CT molecular complexity index is 1210. The highest BCUT2D eigenvalue weighted by Crippen LogP contribution is 2.37. The first-order valence-corrected chi connectivity index (χ1v) is 10.3. The van der Waals surface area contributed by atoms with Gasteiger partial charge in [-0.1, -0.05) is 66.6 Å². The number of hydrogen-bond donors (Lipinski definition) is 0. The lowest BCUT2D eigenvalue weighted by Gasteiger charge is -2.15. The van der Waals surface area contributed by atoms with E-state index in [1.54, 1.807) is 7.11 Å². The van der Waals surface area contributed by atoms with E-state index < -0.39 is 0 Å². The molecule has 0 aliphatic heterocycles. The Morgan fingerprint density at radius 3 is 2.03 bits per heavy atom. The van der Waals surface area contributed by atoms with Crippen molar-refractivity contribution in [2.75, 3.05) is 7.11 Å². The Kier molecular flexibility index (Phi) is 6.69. The number of hydrogen-bond acceptors (Lipinski definition) is 4. The molecule has 4 nitrogen and oxygen atoms in total. The molecule has 4 rings (SSSR count). The summed E-state index contributed by atoms with van der Waals surface area (Å²) in [7, 11) is 1.63. The van der Waals surface area contributed by atoms with Gasteiger partial charge in [-0.2, -0.15) is 4.98 Å². The predicted molar refractivity (Wildman–Crippen MR) is 126 cm³/mol. The molecule has 0 spiro atoms. The van der Waals surface area contributed by atoms with E-state index in [0.717, 1.165) is 27.8 Å². The minimum absolute atomic E-state index is 0.375. The van der Waals surface area contributed by atoms with Gasteiger partial charge in [-0.25, -0.2) is 0 Å². The summed E-state index contributed by atoms with van der Waals surface area (Å²) < 4.78 is 17.6. The molecule has 0 atom stereocenters. The van der Waals surface area contributed by atoms with E-state index in [9.17, 15) is 0 Å². The first-order valence-electron chi connectivity index (χ1n) is 10.3. The monoisotopic (exact) mass is 421 g/mol. The second-order valence-corrected chi connectivity index (χ2v) is 7.11. The van der Waals surface area contributed by atoms with Crippen molar-refractivity contribution < 1.29 is 14.2 Å². The van der Waals surface area contributed by atoms with Crippen LogP contribution in [0.15, 0.2) is 91.0 Å². The molecule has 0 aliphatic rings. The van der Waals surface area contributed by atoms with Crippen LogP contribution >= 0.6 is 0 Å². The van der Waals surface area contributed by atoms with Gasteiger partial charge in [0.1, 0.15) is 19.0 Å². The van der Waals surface area contributed by atoms with Crippen LogP contribution in [0.25, 0.3) is 11.1 Å². The topological polar surface area (TPSA) is 40.6 Å². The van der Waals surface area contributed by atoms with E-state index in [-0.39, 0.29) is 0 Å². The van der Waals surface area contributed by atoms with E-state index in [1.165, 1.54) is 0 Å². The van der Waals surface area contributed by atoms with Gasteiger partial charge in [0.15, 0.2) is 0 Å². The van der Waals surface area contributed by atoms with Crippen molar-refractivity contribution in [3.8, 4) is 41.0 Å². The van der Waals surface area contributed by atoms with Crippen LogP contribution in [0.4, 0.5) is 0 Å². The van der Waals surface area contributed by atoms with Crippen LogP contribution in [0.1, 0.15) is 16.7 Å². The van der Waals surface area contributed by atoms with Crippen molar-refractivity contribution in [2.24, 2.45) is 0 Å². The third-order valence-electron chi connectivity index (χ3n) is 4.94. The highest BCUT2D eigenvalue weighted by molar-refractivity contribution is 5.76. The quantitative estimate of drug-likeness (QED) is 0.332. The van der Waals surface area contributed by atoms with Crippen molar-refractivity contribution in [1.29, 1.82) is 0 Å². The molecule has 0 fully saturated rings. The van der Waals surface area contributed by atoms with Crippen molar-refractivity contribution in [3.05, 3.63) is 108 Å². The van der Waals surface area contributed by atoms with Gasteiger partial charge in [0.2, 0.25) is 11.8 Å². The summed E-state index contributed by atoms with van der Waals surface area (Å²) in [6, 6.07) is 29.3. The second kappa shape index (κ2) is 10.2. The first kappa shape index (κ1) is 21.0. The average molecular weight is 421 g/mol. The summed E-state index contributed by atoms with van der Waals surface area (Å²) >= 11 is 0. The van der Waals surface area contributed by atoms with E-state index in [1.807, 2.05) is 91.0 Å². The van der Waals surface area contributed by atoms with Crippen LogP contribution in [0, 0.1) is 12.3 Å². The summed E-state index contributed by atoms with van der Waals surface area (Å²) in [6.45, 7) is 0.793. The Morgan fingerprint density at radius 1 is 0.750 bits per heavy atom. The predicted octanol–water partition coefficient (Wildman–Crippen LogP) is 5.90. The molecule has 0 saturated heterocycles. The van der Waals surface area contributed by atoms with Gasteiger partial charge >= 0.3 is 0 Å². The number of ether oxygens (including phenoxy) is 3. The minimum Gasteiger partial charge on any atom is -0.496 e. The molecular weight excluding hydrogens is 398 g/mol. The second-order valence-electron chi connectivity index (χ2n) is 7.11. The SMILES string of the molecule is C#Cc1ccc(OC)c(-c2ccc(OCc3ccccc3)nc2OCc2ccccc2)c1. The molecular formula is C28H23NO3. The standard InChI is InChI=1S/C28H23NO3/c1-3-21-14-16-26(30-2)25(18-21)24-15-17-27(31-19-22-10-6-4-7-11-22)29-28(24)32-20-23-12-8-5-9-13-23/h1,4-18H,19-20H2,2H3. The first-order chi connectivity index (χ1) is 15.8. The van der Waals surface area contributed by atoms with Gasteiger partial charge in [0.25, 0.3) is 0 Å². The molecule has 0 unspecified atom stereocenters. The number of benzene rings is 3. The molecule has 4 aromatic rings. The van der Waals surface area contributed by atoms with Gasteiger partial charge in [-0.15, -0.1) is 6.42 Å². The van der Waals surface area contributed by atoms with Crippen LogP contribution in [0.2, 0.25) is 0 Å². The van der Waals surface area contributed by atoms with E-state index in [4.69, 9.17) is 20.6 Å². The van der Waals surface area contributed by atoms with Gasteiger partial charge < -0.3 is 14.2 Å². The fourth-order valence-corrected chi connectivity index (χ4v) is 3.28. The maximum absolute atomic E-state index is 6.15. The number of rotatable bonds is 8. The molecule has 1 heterocycles. The average Bonchev–Trinajstić information content (AvgIpc) is 2.87. The van der Waals surface area contributed by atoms with Crippen LogP contribution in [0.3, 0.4) is 0 Å². The Balaban J connectivity index is 1.67. The normalized spacial score (nSPS) is 10.2. The Morgan fingerprint density at radius 2 is 1.41 bits per heavy atom. The third-order valence-corrected chi connectivity index (χ3v) is 4.94. The van der Waals surface area contributed by atoms with E-state index in [0.29, 0.717) is 30.7 Å². The Labute approximate surface area is 188 Å². The highest BCUT2D eigenvalue weighted by atomic mass is 16.5. The van der Waals surface area contributed by atoms with E-state index in [2.05, 4.69) is 10.9 Å². The van der Waals surface area contributed by atoms with Gasteiger partial charge in [0, 0.05) is 22.8 Å². The summed E-state index contributed by atoms with van der Waals surface area (Å²) in [4.78, 5) is 4.66. The molecule has 32 heavy (non-hydrogen) atoms.